The van der Waals surface area contributed by atoms with Gasteiger partial charge in [0.1, 0.15) is 5.92 Å². The van der Waals surface area contributed by atoms with E-state index in [0.717, 1.165) is 5.56 Å². The molecule has 0 aliphatic heterocycles. The Bertz CT molecular complexity index is 444. The molecule has 1 aromatic heterocycles. The molecule has 1 aliphatic carbocycles. The Morgan fingerprint density at radius 3 is 2.93 bits per heavy atom. The number of hydrogen-bond acceptors (Lipinski definition) is 4. The molecular weight excluding hydrogens is 262 g/mol. The van der Waals surface area contributed by atoms with Gasteiger partial charge < -0.3 is 4.74 Å². The standard InChI is InChI=1S/C10H8BrNO3/c1-15-10(14)6-2-5-3-12-4-7(11)8(5)9(6)13/h3-4,6H,2H2,1H3. The number of ether oxygens (including phenoxy) is 1. The molecule has 0 amide bonds. The van der Waals surface area contributed by atoms with Gasteiger partial charge in [0.05, 0.1) is 7.11 Å². The molecule has 0 saturated heterocycles. The number of ketones is 1. The van der Waals surface area contributed by atoms with E-state index in [1.807, 2.05) is 0 Å². The summed E-state index contributed by atoms with van der Waals surface area (Å²) in [6.07, 6.45) is 3.55. The number of halogens is 1. The van der Waals surface area contributed by atoms with Crippen molar-refractivity contribution >= 4 is 27.7 Å². The van der Waals surface area contributed by atoms with Crippen LogP contribution in [0, 0.1) is 5.92 Å². The second kappa shape index (κ2) is 3.73. The number of aromatic nitrogens is 1. The number of nitrogens with zero attached hydrogens (tertiary/aromatic N) is 1. The van der Waals surface area contributed by atoms with E-state index >= 15 is 0 Å². The molecule has 0 spiro atoms. The number of esters is 1. The summed E-state index contributed by atoms with van der Waals surface area (Å²) in [5.74, 6) is -1.38. The Morgan fingerprint density at radius 2 is 2.33 bits per heavy atom. The van der Waals surface area contributed by atoms with Crippen LogP contribution >= 0.6 is 15.9 Å². The highest BCUT2D eigenvalue weighted by Gasteiger charge is 2.38. The zero-order valence-corrected chi connectivity index (χ0v) is 9.58. The quantitative estimate of drug-likeness (QED) is 0.571. The van der Waals surface area contributed by atoms with E-state index in [-0.39, 0.29) is 5.78 Å². The van der Waals surface area contributed by atoms with Gasteiger partial charge in [-0.15, -0.1) is 0 Å². The van der Waals surface area contributed by atoms with Gasteiger partial charge in [-0.3, -0.25) is 14.6 Å². The molecule has 0 N–H and O–H groups in total. The number of rotatable bonds is 1. The number of carbonyl (C=O) groups is 2. The van der Waals surface area contributed by atoms with Gasteiger partial charge in [0.15, 0.2) is 5.78 Å². The summed E-state index contributed by atoms with van der Waals surface area (Å²) in [6, 6.07) is 0. The average Bonchev–Trinajstić information content (AvgIpc) is 2.56. The molecule has 0 fully saturated rings. The maximum atomic E-state index is 11.9. The third-order valence-electron chi connectivity index (χ3n) is 2.45. The van der Waals surface area contributed by atoms with Crippen molar-refractivity contribution in [3.8, 4) is 0 Å². The van der Waals surface area contributed by atoms with E-state index in [0.29, 0.717) is 16.5 Å². The minimum atomic E-state index is -0.703. The highest BCUT2D eigenvalue weighted by atomic mass is 79.9. The van der Waals surface area contributed by atoms with Crippen LogP contribution in [0.25, 0.3) is 0 Å². The van der Waals surface area contributed by atoms with E-state index in [1.165, 1.54) is 7.11 Å². The summed E-state index contributed by atoms with van der Waals surface area (Å²) in [5, 5.41) is 0. The number of pyridine rings is 1. The summed E-state index contributed by atoms with van der Waals surface area (Å²) in [7, 11) is 1.28. The molecule has 1 atom stereocenters. The van der Waals surface area contributed by atoms with Crippen LogP contribution in [0.2, 0.25) is 0 Å². The van der Waals surface area contributed by atoms with E-state index in [9.17, 15) is 9.59 Å². The molecule has 0 aromatic carbocycles. The molecule has 15 heavy (non-hydrogen) atoms. The van der Waals surface area contributed by atoms with Crippen LogP contribution in [0.5, 0.6) is 0 Å². The molecule has 78 valence electrons. The Labute approximate surface area is 94.8 Å². The first-order chi connectivity index (χ1) is 7.15. The smallest absolute Gasteiger partial charge is 0.316 e. The molecule has 1 heterocycles. The fraction of sp³-hybridized carbons (Fsp3) is 0.300. The number of hydrogen-bond donors (Lipinski definition) is 0. The number of methoxy groups -OCH3 is 1. The predicted octanol–water partition coefficient (Wildman–Crippen LogP) is 1.37. The normalized spacial score (nSPS) is 18.8. The zero-order chi connectivity index (χ0) is 11.0. The third-order valence-corrected chi connectivity index (χ3v) is 3.05. The first-order valence-corrected chi connectivity index (χ1v) is 5.19. The number of carbonyl (C=O) groups excluding carboxylic acids is 2. The van der Waals surface area contributed by atoms with Crippen LogP contribution in [0.1, 0.15) is 15.9 Å². The van der Waals surface area contributed by atoms with Crippen molar-refractivity contribution < 1.29 is 14.3 Å². The molecule has 0 radical (unpaired) electrons. The van der Waals surface area contributed by atoms with Gasteiger partial charge in [-0.1, -0.05) is 0 Å². The lowest BCUT2D eigenvalue weighted by molar-refractivity contribution is -0.143. The van der Waals surface area contributed by atoms with Crippen molar-refractivity contribution in [2.75, 3.05) is 7.11 Å². The summed E-state index contributed by atoms with van der Waals surface area (Å²) in [4.78, 5) is 27.1. The molecule has 1 aromatic rings. The van der Waals surface area contributed by atoms with Crippen molar-refractivity contribution in [1.82, 2.24) is 4.98 Å². The lowest BCUT2D eigenvalue weighted by Gasteiger charge is -2.03. The van der Waals surface area contributed by atoms with E-state index in [1.54, 1.807) is 12.4 Å². The van der Waals surface area contributed by atoms with Gasteiger partial charge in [-0.25, -0.2) is 0 Å². The van der Waals surface area contributed by atoms with Crippen molar-refractivity contribution in [3.05, 3.63) is 28.0 Å². The molecule has 1 aliphatic rings. The molecule has 0 bridgehead atoms. The number of Topliss-reactive ketones (excluding diaryl/α,β-unsaturated/α-hetero) is 1. The Balaban J connectivity index is 2.42. The lowest BCUT2D eigenvalue weighted by atomic mass is 10.1. The van der Waals surface area contributed by atoms with E-state index in [2.05, 4.69) is 25.7 Å². The summed E-state index contributed by atoms with van der Waals surface area (Å²) >= 11 is 3.25. The highest BCUT2D eigenvalue weighted by molar-refractivity contribution is 9.10. The fourth-order valence-electron chi connectivity index (χ4n) is 1.73. The Kier molecular flexibility index (Phi) is 2.56. The molecule has 1 unspecified atom stereocenters. The van der Waals surface area contributed by atoms with E-state index in [4.69, 9.17) is 0 Å². The first kappa shape index (κ1) is 10.3. The Morgan fingerprint density at radius 1 is 1.60 bits per heavy atom. The average molecular weight is 270 g/mol. The van der Waals surface area contributed by atoms with Crippen LogP contribution in [0.15, 0.2) is 16.9 Å². The van der Waals surface area contributed by atoms with Crippen molar-refractivity contribution in [2.24, 2.45) is 5.92 Å². The molecular formula is C10H8BrNO3. The summed E-state index contributed by atoms with van der Waals surface area (Å²) in [6.45, 7) is 0. The van der Waals surface area contributed by atoms with Gasteiger partial charge in [0.25, 0.3) is 0 Å². The van der Waals surface area contributed by atoms with Crippen molar-refractivity contribution in [2.45, 2.75) is 6.42 Å². The van der Waals surface area contributed by atoms with Crippen LogP contribution in [0.3, 0.4) is 0 Å². The van der Waals surface area contributed by atoms with Crippen LogP contribution in [-0.2, 0) is 16.0 Å². The second-order valence-corrected chi connectivity index (χ2v) is 4.15. The van der Waals surface area contributed by atoms with Gasteiger partial charge in [0.2, 0.25) is 0 Å². The molecule has 2 rings (SSSR count). The molecule has 0 saturated carbocycles. The van der Waals surface area contributed by atoms with Gasteiger partial charge in [0, 0.05) is 22.4 Å². The fourth-order valence-corrected chi connectivity index (χ4v) is 2.29. The van der Waals surface area contributed by atoms with Crippen LogP contribution < -0.4 is 0 Å². The van der Waals surface area contributed by atoms with Crippen LogP contribution in [0.4, 0.5) is 0 Å². The molecule has 5 heteroatoms. The maximum absolute atomic E-state index is 11.9. The van der Waals surface area contributed by atoms with Gasteiger partial charge >= 0.3 is 5.97 Å². The predicted molar refractivity (Wildman–Crippen MR) is 55.5 cm³/mol. The van der Waals surface area contributed by atoms with Gasteiger partial charge in [-0.05, 0) is 27.9 Å². The molecule has 4 nitrogen and oxygen atoms in total. The third kappa shape index (κ3) is 1.56. The minimum Gasteiger partial charge on any atom is -0.468 e. The largest absolute Gasteiger partial charge is 0.468 e. The first-order valence-electron chi connectivity index (χ1n) is 4.39. The summed E-state index contributed by atoms with van der Waals surface area (Å²) in [5.41, 5.74) is 1.35. The van der Waals surface area contributed by atoms with Crippen molar-refractivity contribution in [1.29, 1.82) is 0 Å². The maximum Gasteiger partial charge on any atom is 0.316 e. The van der Waals surface area contributed by atoms with Gasteiger partial charge in [-0.2, -0.15) is 0 Å². The Hall–Kier alpha value is -1.23. The van der Waals surface area contributed by atoms with Crippen molar-refractivity contribution in [3.63, 3.8) is 0 Å². The van der Waals surface area contributed by atoms with Crippen LogP contribution in [-0.4, -0.2) is 23.8 Å². The zero-order valence-electron chi connectivity index (χ0n) is 7.99. The minimum absolute atomic E-state index is 0.189. The second-order valence-electron chi connectivity index (χ2n) is 3.30. The van der Waals surface area contributed by atoms with E-state index < -0.39 is 11.9 Å². The SMILES string of the molecule is COC(=O)C1Cc2cncc(Br)c2C1=O. The topological polar surface area (TPSA) is 56.3 Å². The monoisotopic (exact) mass is 269 g/mol. The number of fused-ring (bicyclic) bond motifs is 1. The lowest BCUT2D eigenvalue weighted by Crippen LogP contribution is -2.21. The summed E-state index contributed by atoms with van der Waals surface area (Å²) < 4.78 is 5.22. The highest BCUT2D eigenvalue weighted by Crippen LogP contribution is 2.31.